The first kappa shape index (κ1) is 9.83. The van der Waals surface area contributed by atoms with Crippen LogP contribution in [0.2, 0.25) is 0 Å². The summed E-state index contributed by atoms with van der Waals surface area (Å²) in [7, 11) is 0. The molecule has 0 fully saturated rings. The second-order valence-corrected chi connectivity index (χ2v) is 3.76. The number of nitrogens with zero attached hydrogens (tertiary/aromatic N) is 1. The van der Waals surface area contributed by atoms with Crippen molar-refractivity contribution in [2.24, 2.45) is 0 Å². The molecule has 80 valence electrons. The highest BCUT2D eigenvalue weighted by molar-refractivity contribution is 5.79. The van der Waals surface area contributed by atoms with Gasteiger partial charge in [0.2, 0.25) is 0 Å². The lowest BCUT2D eigenvalue weighted by Gasteiger charge is -2.31. The van der Waals surface area contributed by atoms with E-state index in [2.05, 4.69) is 5.32 Å². The maximum Gasteiger partial charge on any atom is 0.323 e. The smallest absolute Gasteiger partial charge is 0.323 e. The molecule has 1 aromatic carbocycles. The molecule has 0 aliphatic carbocycles. The minimum atomic E-state index is -0.788. The van der Waals surface area contributed by atoms with E-state index in [0.29, 0.717) is 0 Å². The van der Waals surface area contributed by atoms with E-state index >= 15 is 0 Å². The molecule has 1 heterocycles. The Bertz CT molecular complexity index is 390. The molecule has 2 rings (SSSR count). The zero-order valence-electron chi connectivity index (χ0n) is 8.66. The average Bonchev–Trinajstić information content (AvgIpc) is 2.18. The highest BCUT2D eigenvalue weighted by atomic mass is 16.4. The van der Waals surface area contributed by atoms with Crippen LogP contribution in [0.15, 0.2) is 18.2 Å². The number of hydrogen-bond acceptors (Lipinski definition) is 3. The summed E-state index contributed by atoms with van der Waals surface area (Å²) in [4.78, 5) is 12.6. The molecule has 0 radical (unpaired) electrons. The number of aryl methyl sites for hydroxylation is 1. The van der Waals surface area contributed by atoms with Gasteiger partial charge in [0.15, 0.2) is 0 Å². The van der Waals surface area contributed by atoms with Crippen LogP contribution in [0, 0.1) is 6.92 Å². The fourth-order valence-electron chi connectivity index (χ4n) is 1.83. The zero-order valence-corrected chi connectivity index (χ0v) is 8.66. The normalized spacial score (nSPS) is 14.3. The Hall–Kier alpha value is -1.71. The highest BCUT2D eigenvalue weighted by Gasteiger charge is 2.18. The summed E-state index contributed by atoms with van der Waals surface area (Å²) < 4.78 is 0. The quantitative estimate of drug-likeness (QED) is 0.766. The van der Waals surface area contributed by atoms with Gasteiger partial charge in [-0.05, 0) is 24.6 Å². The van der Waals surface area contributed by atoms with E-state index < -0.39 is 5.97 Å². The van der Waals surface area contributed by atoms with E-state index in [4.69, 9.17) is 5.11 Å². The highest BCUT2D eigenvalue weighted by Crippen LogP contribution is 2.29. The van der Waals surface area contributed by atoms with Crippen molar-refractivity contribution < 1.29 is 9.90 Å². The number of carboxylic acids is 1. The maximum atomic E-state index is 10.7. The predicted molar refractivity (Wildman–Crippen MR) is 59.5 cm³/mol. The lowest BCUT2D eigenvalue weighted by Crippen LogP contribution is -2.37. The van der Waals surface area contributed by atoms with Crippen molar-refractivity contribution >= 4 is 17.3 Å². The molecular formula is C11H14N2O2. The number of benzene rings is 1. The van der Waals surface area contributed by atoms with Crippen molar-refractivity contribution in [1.29, 1.82) is 0 Å². The van der Waals surface area contributed by atoms with E-state index in [0.717, 1.165) is 30.0 Å². The SMILES string of the molecule is Cc1ccc2c(c1)N(CC(=O)O)CCN2. The standard InChI is InChI=1S/C11H14N2O2/c1-8-2-3-9-10(6-8)13(5-4-12-9)7-11(14)15/h2-3,6,12H,4-5,7H2,1H3,(H,14,15). The van der Waals surface area contributed by atoms with Crippen LogP contribution in [-0.4, -0.2) is 30.7 Å². The van der Waals surface area contributed by atoms with Crippen molar-refractivity contribution in [2.75, 3.05) is 29.9 Å². The molecule has 4 heteroatoms. The van der Waals surface area contributed by atoms with Gasteiger partial charge in [0, 0.05) is 13.1 Å². The number of anilines is 2. The third-order valence-corrected chi connectivity index (χ3v) is 2.52. The fourth-order valence-corrected chi connectivity index (χ4v) is 1.83. The predicted octanol–water partition coefficient (Wildman–Crippen LogP) is 1.31. The third-order valence-electron chi connectivity index (χ3n) is 2.52. The van der Waals surface area contributed by atoms with Crippen molar-refractivity contribution in [3.8, 4) is 0 Å². The Kier molecular flexibility index (Phi) is 2.49. The topological polar surface area (TPSA) is 52.6 Å². The first-order valence-corrected chi connectivity index (χ1v) is 4.98. The van der Waals surface area contributed by atoms with E-state index in [1.807, 2.05) is 30.0 Å². The maximum absolute atomic E-state index is 10.7. The lowest BCUT2D eigenvalue weighted by atomic mass is 10.1. The Balaban J connectivity index is 2.32. The molecule has 2 N–H and O–H groups in total. The van der Waals surface area contributed by atoms with Crippen molar-refractivity contribution in [3.63, 3.8) is 0 Å². The molecule has 1 aliphatic rings. The van der Waals surface area contributed by atoms with Crippen LogP contribution in [0.4, 0.5) is 11.4 Å². The molecule has 0 spiro atoms. The Morgan fingerprint density at radius 1 is 1.60 bits per heavy atom. The Morgan fingerprint density at radius 3 is 3.13 bits per heavy atom. The van der Waals surface area contributed by atoms with Crippen LogP contribution in [0.3, 0.4) is 0 Å². The van der Waals surface area contributed by atoms with Crippen LogP contribution in [0.5, 0.6) is 0 Å². The number of fused-ring (bicyclic) bond motifs is 1. The second-order valence-electron chi connectivity index (χ2n) is 3.76. The van der Waals surface area contributed by atoms with Gasteiger partial charge in [-0.1, -0.05) is 6.07 Å². The molecule has 0 saturated heterocycles. The van der Waals surface area contributed by atoms with Crippen LogP contribution in [-0.2, 0) is 4.79 Å². The van der Waals surface area contributed by atoms with Crippen molar-refractivity contribution in [1.82, 2.24) is 0 Å². The minimum absolute atomic E-state index is 0.0676. The number of nitrogens with one attached hydrogen (secondary N) is 1. The molecule has 1 aliphatic heterocycles. The average molecular weight is 206 g/mol. The number of carbonyl (C=O) groups is 1. The van der Waals surface area contributed by atoms with E-state index in [9.17, 15) is 4.79 Å². The molecule has 0 unspecified atom stereocenters. The molecule has 0 aromatic heterocycles. The lowest BCUT2D eigenvalue weighted by molar-refractivity contribution is -0.135. The first-order chi connectivity index (χ1) is 7.16. The summed E-state index contributed by atoms with van der Waals surface area (Å²) >= 11 is 0. The van der Waals surface area contributed by atoms with E-state index in [1.165, 1.54) is 0 Å². The van der Waals surface area contributed by atoms with Crippen molar-refractivity contribution in [3.05, 3.63) is 23.8 Å². The first-order valence-electron chi connectivity index (χ1n) is 4.98. The summed E-state index contributed by atoms with van der Waals surface area (Å²) in [6.45, 7) is 3.61. The molecular weight excluding hydrogens is 192 g/mol. The van der Waals surface area contributed by atoms with Gasteiger partial charge in [0.1, 0.15) is 6.54 Å². The molecule has 4 nitrogen and oxygen atoms in total. The summed E-state index contributed by atoms with van der Waals surface area (Å²) in [6, 6.07) is 6.04. The summed E-state index contributed by atoms with van der Waals surface area (Å²) in [6.07, 6.45) is 0. The van der Waals surface area contributed by atoms with Gasteiger partial charge in [-0.3, -0.25) is 4.79 Å². The van der Waals surface area contributed by atoms with Crippen LogP contribution >= 0.6 is 0 Å². The number of carboxylic acid groups (broad SMARTS) is 1. The number of rotatable bonds is 2. The monoisotopic (exact) mass is 206 g/mol. The summed E-state index contributed by atoms with van der Waals surface area (Å²) in [5.41, 5.74) is 3.16. The van der Waals surface area contributed by atoms with Crippen LogP contribution in [0.25, 0.3) is 0 Å². The van der Waals surface area contributed by atoms with Gasteiger partial charge in [-0.25, -0.2) is 0 Å². The zero-order chi connectivity index (χ0) is 10.8. The number of aliphatic carboxylic acids is 1. The molecule has 0 atom stereocenters. The van der Waals surface area contributed by atoms with Gasteiger partial charge in [0.25, 0.3) is 0 Å². The third kappa shape index (κ3) is 2.03. The Morgan fingerprint density at radius 2 is 2.40 bits per heavy atom. The van der Waals surface area contributed by atoms with E-state index in [-0.39, 0.29) is 6.54 Å². The molecule has 1 aromatic rings. The Labute approximate surface area is 88.5 Å². The number of hydrogen-bond donors (Lipinski definition) is 2. The molecule has 0 saturated carbocycles. The van der Waals surface area contributed by atoms with Gasteiger partial charge in [-0.2, -0.15) is 0 Å². The van der Waals surface area contributed by atoms with Crippen LogP contribution < -0.4 is 10.2 Å². The summed E-state index contributed by atoms with van der Waals surface area (Å²) in [5.74, 6) is -0.788. The molecule has 0 amide bonds. The largest absolute Gasteiger partial charge is 0.480 e. The van der Waals surface area contributed by atoms with Gasteiger partial charge >= 0.3 is 5.97 Å². The van der Waals surface area contributed by atoms with E-state index in [1.54, 1.807) is 0 Å². The molecule has 0 bridgehead atoms. The summed E-state index contributed by atoms with van der Waals surface area (Å²) in [5, 5.41) is 12.1. The van der Waals surface area contributed by atoms with Gasteiger partial charge in [0.05, 0.1) is 11.4 Å². The van der Waals surface area contributed by atoms with Crippen molar-refractivity contribution in [2.45, 2.75) is 6.92 Å². The molecule has 15 heavy (non-hydrogen) atoms. The minimum Gasteiger partial charge on any atom is -0.480 e. The van der Waals surface area contributed by atoms with Crippen LogP contribution in [0.1, 0.15) is 5.56 Å². The second kappa shape index (κ2) is 3.81. The van der Waals surface area contributed by atoms with Gasteiger partial charge in [-0.15, -0.1) is 0 Å². The van der Waals surface area contributed by atoms with Gasteiger partial charge < -0.3 is 15.3 Å². The fraction of sp³-hybridized carbons (Fsp3) is 0.364.